The van der Waals surface area contributed by atoms with Crippen LogP contribution in [0.5, 0.6) is 0 Å². The lowest BCUT2D eigenvalue weighted by Gasteiger charge is -2.08. The van der Waals surface area contributed by atoms with E-state index in [4.69, 9.17) is 5.73 Å². The van der Waals surface area contributed by atoms with Gasteiger partial charge in [-0.1, -0.05) is 29.8 Å². The second-order valence-corrected chi connectivity index (χ2v) is 4.21. The van der Waals surface area contributed by atoms with Crippen molar-refractivity contribution in [2.45, 2.75) is 20.4 Å². The first-order chi connectivity index (χ1) is 8.15. The van der Waals surface area contributed by atoms with Crippen LogP contribution in [0.4, 0.5) is 11.5 Å². The van der Waals surface area contributed by atoms with Gasteiger partial charge in [-0.15, -0.1) is 0 Å². The number of nitrogens with zero attached hydrogens (tertiary/aromatic N) is 1. The Balaban J connectivity index is 2.05. The Morgan fingerprint density at radius 1 is 1.18 bits per heavy atom. The molecule has 1 aromatic carbocycles. The zero-order chi connectivity index (χ0) is 12.3. The van der Waals surface area contributed by atoms with E-state index >= 15 is 0 Å². The molecule has 3 N–H and O–H groups in total. The largest absolute Gasteiger partial charge is 0.397 e. The average molecular weight is 227 g/mol. The Morgan fingerprint density at radius 3 is 2.71 bits per heavy atom. The van der Waals surface area contributed by atoms with Crippen LogP contribution < -0.4 is 11.1 Å². The fourth-order valence-corrected chi connectivity index (χ4v) is 1.68. The fraction of sp³-hybridized carbons (Fsp3) is 0.214. The molecule has 0 amide bonds. The van der Waals surface area contributed by atoms with Crippen molar-refractivity contribution in [1.29, 1.82) is 0 Å². The number of nitrogen functional groups attached to an aromatic ring is 1. The summed E-state index contributed by atoms with van der Waals surface area (Å²) in [6.45, 7) is 4.78. The second-order valence-electron chi connectivity index (χ2n) is 4.21. The summed E-state index contributed by atoms with van der Waals surface area (Å²) in [5.41, 5.74) is 9.83. The third-order valence-corrected chi connectivity index (χ3v) is 2.68. The highest BCUT2D eigenvalue weighted by Gasteiger charge is 1.98. The molecule has 0 aliphatic heterocycles. The molecule has 0 unspecified atom stereocenters. The van der Waals surface area contributed by atoms with Crippen LogP contribution in [0.2, 0.25) is 0 Å². The van der Waals surface area contributed by atoms with Crippen LogP contribution in [-0.4, -0.2) is 4.98 Å². The minimum Gasteiger partial charge on any atom is -0.397 e. The number of nitrogens with one attached hydrogen (secondary N) is 1. The summed E-state index contributed by atoms with van der Waals surface area (Å²) >= 11 is 0. The smallest absolute Gasteiger partial charge is 0.126 e. The van der Waals surface area contributed by atoms with Crippen molar-refractivity contribution < 1.29 is 0 Å². The minimum atomic E-state index is 0.728. The van der Waals surface area contributed by atoms with Crippen molar-refractivity contribution in [2.24, 2.45) is 0 Å². The van der Waals surface area contributed by atoms with Gasteiger partial charge in [0, 0.05) is 6.54 Å². The molecule has 3 heteroatoms. The maximum atomic E-state index is 5.73. The first kappa shape index (κ1) is 11.5. The molecule has 0 radical (unpaired) electrons. The Bertz CT molecular complexity index is 521. The lowest BCUT2D eigenvalue weighted by atomic mass is 10.1. The summed E-state index contributed by atoms with van der Waals surface area (Å²) in [6, 6.07) is 12.2. The zero-order valence-electron chi connectivity index (χ0n) is 10.2. The fourth-order valence-electron chi connectivity index (χ4n) is 1.68. The molecule has 17 heavy (non-hydrogen) atoms. The lowest BCUT2D eigenvalue weighted by molar-refractivity contribution is 1.09. The molecule has 0 spiro atoms. The van der Waals surface area contributed by atoms with E-state index in [0.29, 0.717) is 0 Å². The van der Waals surface area contributed by atoms with Gasteiger partial charge in [-0.05, 0) is 31.5 Å². The molecule has 0 saturated heterocycles. The van der Waals surface area contributed by atoms with Crippen LogP contribution in [0.3, 0.4) is 0 Å². The summed E-state index contributed by atoms with van der Waals surface area (Å²) in [5, 5.41) is 3.29. The second kappa shape index (κ2) is 4.87. The molecule has 0 fully saturated rings. The molecule has 0 aliphatic rings. The monoisotopic (exact) mass is 227 g/mol. The van der Waals surface area contributed by atoms with Gasteiger partial charge < -0.3 is 11.1 Å². The molecule has 2 rings (SSSR count). The number of hydrogen-bond acceptors (Lipinski definition) is 3. The quantitative estimate of drug-likeness (QED) is 0.847. The number of nitrogens with two attached hydrogens (primary N) is 1. The minimum absolute atomic E-state index is 0.728. The number of aryl methyl sites for hydroxylation is 2. The summed E-state index contributed by atoms with van der Waals surface area (Å²) in [4.78, 5) is 4.37. The first-order valence-electron chi connectivity index (χ1n) is 5.68. The van der Waals surface area contributed by atoms with E-state index in [2.05, 4.69) is 41.5 Å². The SMILES string of the molecule is Cc1cccc(CNc2ccc(N)c(C)n2)c1. The molecule has 1 aromatic heterocycles. The molecule has 0 bridgehead atoms. The van der Waals surface area contributed by atoms with Gasteiger partial charge in [0.05, 0.1) is 11.4 Å². The number of hydrogen-bond donors (Lipinski definition) is 2. The van der Waals surface area contributed by atoms with E-state index in [1.165, 1.54) is 11.1 Å². The molecule has 0 aliphatic carbocycles. The highest BCUT2D eigenvalue weighted by Crippen LogP contribution is 2.13. The highest BCUT2D eigenvalue weighted by molar-refractivity contribution is 5.49. The summed E-state index contributed by atoms with van der Waals surface area (Å²) in [6.07, 6.45) is 0. The molecule has 0 saturated carbocycles. The molecule has 88 valence electrons. The number of anilines is 2. The van der Waals surface area contributed by atoms with Gasteiger partial charge >= 0.3 is 0 Å². The molecule has 2 aromatic rings. The van der Waals surface area contributed by atoms with Gasteiger partial charge in [0.15, 0.2) is 0 Å². The van der Waals surface area contributed by atoms with Crippen LogP contribution in [-0.2, 0) is 6.54 Å². The zero-order valence-corrected chi connectivity index (χ0v) is 10.2. The number of benzene rings is 1. The normalized spacial score (nSPS) is 10.2. The molecular formula is C14H17N3. The lowest BCUT2D eigenvalue weighted by Crippen LogP contribution is -2.03. The predicted molar refractivity (Wildman–Crippen MR) is 71.9 cm³/mol. The van der Waals surface area contributed by atoms with Crippen molar-refractivity contribution in [2.75, 3.05) is 11.1 Å². The Kier molecular flexibility index (Phi) is 3.28. The number of rotatable bonds is 3. The third kappa shape index (κ3) is 2.97. The molecule has 3 nitrogen and oxygen atoms in total. The van der Waals surface area contributed by atoms with Crippen molar-refractivity contribution in [1.82, 2.24) is 4.98 Å². The molecule has 0 atom stereocenters. The van der Waals surface area contributed by atoms with E-state index in [-0.39, 0.29) is 0 Å². The van der Waals surface area contributed by atoms with Gasteiger partial charge in [0.2, 0.25) is 0 Å². The summed E-state index contributed by atoms with van der Waals surface area (Å²) in [5.74, 6) is 0.859. The average Bonchev–Trinajstić information content (AvgIpc) is 2.31. The summed E-state index contributed by atoms with van der Waals surface area (Å²) in [7, 11) is 0. The Labute approximate surface area is 102 Å². The van der Waals surface area contributed by atoms with Crippen LogP contribution >= 0.6 is 0 Å². The van der Waals surface area contributed by atoms with Gasteiger partial charge in [-0.3, -0.25) is 0 Å². The van der Waals surface area contributed by atoms with Gasteiger partial charge in [-0.25, -0.2) is 4.98 Å². The van der Waals surface area contributed by atoms with E-state index in [9.17, 15) is 0 Å². The van der Waals surface area contributed by atoms with E-state index in [1.807, 2.05) is 19.1 Å². The molecular weight excluding hydrogens is 210 g/mol. The maximum absolute atomic E-state index is 5.73. The number of pyridine rings is 1. The standard InChI is InChI=1S/C14H17N3/c1-10-4-3-5-12(8-10)9-16-14-7-6-13(15)11(2)17-14/h3-8H,9,15H2,1-2H3,(H,16,17). The Morgan fingerprint density at radius 2 is 2.00 bits per heavy atom. The van der Waals surface area contributed by atoms with E-state index in [0.717, 1.165) is 23.7 Å². The van der Waals surface area contributed by atoms with E-state index in [1.54, 1.807) is 0 Å². The van der Waals surface area contributed by atoms with Gasteiger partial charge in [-0.2, -0.15) is 0 Å². The Hall–Kier alpha value is -2.03. The predicted octanol–water partition coefficient (Wildman–Crippen LogP) is 2.89. The topological polar surface area (TPSA) is 50.9 Å². The number of aromatic nitrogens is 1. The van der Waals surface area contributed by atoms with E-state index < -0.39 is 0 Å². The van der Waals surface area contributed by atoms with Gasteiger partial charge in [0.25, 0.3) is 0 Å². The maximum Gasteiger partial charge on any atom is 0.126 e. The molecule has 1 heterocycles. The van der Waals surface area contributed by atoms with Gasteiger partial charge in [0.1, 0.15) is 5.82 Å². The van der Waals surface area contributed by atoms with Crippen LogP contribution in [0.15, 0.2) is 36.4 Å². The van der Waals surface area contributed by atoms with Crippen LogP contribution in [0, 0.1) is 13.8 Å². The van der Waals surface area contributed by atoms with Crippen molar-refractivity contribution >= 4 is 11.5 Å². The first-order valence-corrected chi connectivity index (χ1v) is 5.68. The van der Waals surface area contributed by atoms with Crippen molar-refractivity contribution in [3.8, 4) is 0 Å². The summed E-state index contributed by atoms with van der Waals surface area (Å²) < 4.78 is 0. The van der Waals surface area contributed by atoms with Crippen LogP contribution in [0.25, 0.3) is 0 Å². The third-order valence-electron chi connectivity index (χ3n) is 2.68. The highest BCUT2D eigenvalue weighted by atomic mass is 15.0. The van der Waals surface area contributed by atoms with Crippen molar-refractivity contribution in [3.63, 3.8) is 0 Å². The van der Waals surface area contributed by atoms with Crippen LogP contribution in [0.1, 0.15) is 16.8 Å². The van der Waals surface area contributed by atoms with Crippen molar-refractivity contribution in [3.05, 3.63) is 53.2 Å².